The number of hydrogen-bond donors (Lipinski definition) is 2. The molecule has 0 aliphatic carbocycles. The zero-order valence-electron chi connectivity index (χ0n) is 14.8. The molecule has 1 atom stereocenters. The molecule has 0 fully saturated rings. The molecule has 1 aliphatic rings. The number of hydrogen-bond acceptors (Lipinski definition) is 5. The van der Waals surface area contributed by atoms with Gasteiger partial charge in [0.15, 0.2) is 0 Å². The predicted molar refractivity (Wildman–Crippen MR) is 105 cm³/mol. The van der Waals surface area contributed by atoms with Crippen LogP contribution in [-0.4, -0.2) is 15.2 Å². The monoisotopic (exact) mass is 365 g/mol. The van der Waals surface area contributed by atoms with E-state index in [2.05, 4.69) is 45.5 Å². The molecule has 0 radical (unpaired) electrons. The fourth-order valence-electron chi connectivity index (χ4n) is 3.70. The third-order valence-corrected chi connectivity index (χ3v) is 5.02. The van der Waals surface area contributed by atoms with Crippen LogP contribution >= 0.6 is 0 Å². The molecule has 0 spiro atoms. The van der Waals surface area contributed by atoms with Crippen LogP contribution in [0, 0.1) is 11.3 Å². The number of nitrogens with two attached hydrogens (primary N) is 1. The second kappa shape index (κ2) is 6.25. The van der Waals surface area contributed by atoms with Crippen LogP contribution < -0.4 is 10.5 Å². The zero-order valence-corrected chi connectivity index (χ0v) is 14.8. The van der Waals surface area contributed by atoms with Crippen molar-refractivity contribution < 1.29 is 4.74 Å². The summed E-state index contributed by atoms with van der Waals surface area (Å²) >= 11 is 0. The van der Waals surface area contributed by atoms with Crippen LogP contribution in [0.5, 0.6) is 5.88 Å². The molecule has 1 aliphatic heterocycles. The van der Waals surface area contributed by atoms with Gasteiger partial charge in [-0.15, -0.1) is 5.10 Å². The van der Waals surface area contributed by atoms with Crippen molar-refractivity contribution in [3.8, 4) is 23.2 Å². The molecule has 0 saturated carbocycles. The van der Waals surface area contributed by atoms with Gasteiger partial charge in [-0.05, 0) is 34.5 Å². The van der Waals surface area contributed by atoms with Crippen LogP contribution in [-0.2, 0) is 0 Å². The quantitative estimate of drug-likeness (QED) is 0.562. The van der Waals surface area contributed by atoms with Crippen LogP contribution in [0.3, 0.4) is 0 Å². The number of allylic oxidation sites excluding steroid dienone is 1. The average Bonchev–Trinajstić information content (AvgIpc) is 3.16. The first kappa shape index (κ1) is 16.1. The topological polar surface area (TPSA) is 101 Å². The van der Waals surface area contributed by atoms with Crippen molar-refractivity contribution in [3.63, 3.8) is 0 Å². The maximum Gasteiger partial charge on any atom is 0.244 e. The standard InChI is InChI=1S/C22H15N5O/c23-12-17-18(14-7-9-25-10-8-14)19-20(26-27-22(19)28-21(17)24)16-6-5-13-3-1-2-4-15(13)11-16/h1-11,18H,24H2,(H,26,27). The van der Waals surface area contributed by atoms with Gasteiger partial charge in [0.1, 0.15) is 11.6 Å². The Kier molecular flexibility index (Phi) is 3.59. The Labute approximate surface area is 160 Å². The molecule has 28 heavy (non-hydrogen) atoms. The molecule has 6 nitrogen and oxygen atoms in total. The van der Waals surface area contributed by atoms with E-state index in [9.17, 15) is 5.26 Å². The van der Waals surface area contributed by atoms with E-state index in [1.54, 1.807) is 12.4 Å². The third kappa shape index (κ3) is 2.42. The Bertz CT molecular complexity index is 1270. The van der Waals surface area contributed by atoms with Gasteiger partial charge in [-0.2, -0.15) is 5.26 Å². The van der Waals surface area contributed by atoms with Crippen LogP contribution in [0.2, 0.25) is 0 Å². The van der Waals surface area contributed by atoms with Crippen molar-refractivity contribution in [3.05, 3.63) is 89.6 Å². The summed E-state index contributed by atoms with van der Waals surface area (Å²) in [6.07, 6.45) is 3.40. The van der Waals surface area contributed by atoms with E-state index in [0.29, 0.717) is 11.5 Å². The molecule has 4 aromatic rings. The highest BCUT2D eigenvalue weighted by atomic mass is 16.5. The number of aromatic amines is 1. The largest absolute Gasteiger partial charge is 0.420 e. The number of H-pyrrole nitrogens is 1. The van der Waals surface area contributed by atoms with E-state index in [1.165, 1.54) is 0 Å². The van der Waals surface area contributed by atoms with Crippen molar-refractivity contribution in [2.75, 3.05) is 0 Å². The van der Waals surface area contributed by atoms with Crippen LogP contribution in [0.1, 0.15) is 17.0 Å². The van der Waals surface area contributed by atoms with E-state index in [1.807, 2.05) is 30.3 Å². The molecule has 0 bridgehead atoms. The molecule has 134 valence electrons. The minimum atomic E-state index is -0.378. The fraction of sp³-hybridized carbons (Fsp3) is 0.0455. The SMILES string of the molecule is N#CC1=C(N)Oc2n[nH]c(-c3ccc4ccccc4c3)c2C1c1ccncc1. The summed E-state index contributed by atoms with van der Waals surface area (Å²) in [5, 5.41) is 19.4. The average molecular weight is 365 g/mol. The van der Waals surface area contributed by atoms with E-state index in [-0.39, 0.29) is 11.8 Å². The number of nitrogens with zero attached hydrogens (tertiary/aromatic N) is 3. The summed E-state index contributed by atoms with van der Waals surface area (Å²) in [5.41, 5.74) is 9.86. The van der Waals surface area contributed by atoms with E-state index < -0.39 is 0 Å². The Hall–Kier alpha value is -4.11. The Morgan fingerprint density at radius 3 is 2.61 bits per heavy atom. The van der Waals surface area contributed by atoms with Gasteiger partial charge in [0, 0.05) is 18.0 Å². The van der Waals surface area contributed by atoms with E-state index in [4.69, 9.17) is 10.5 Å². The van der Waals surface area contributed by atoms with Gasteiger partial charge in [0.2, 0.25) is 11.8 Å². The summed E-state index contributed by atoms with van der Waals surface area (Å²) in [6, 6.07) is 20.3. The second-order valence-corrected chi connectivity index (χ2v) is 6.58. The van der Waals surface area contributed by atoms with Gasteiger partial charge in [-0.1, -0.05) is 36.4 Å². The van der Waals surface area contributed by atoms with Crippen molar-refractivity contribution in [2.24, 2.45) is 5.73 Å². The molecule has 6 heteroatoms. The normalized spacial score (nSPS) is 15.8. The summed E-state index contributed by atoms with van der Waals surface area (Å²) in [5.74, 6) is 0.0896. The summed E-state index contributed by atoms with van der Waals surface area (Å²) in [7, 11) is 0. The molecule has 1 unspecified atom stereocenters. The summed E-state index contributed by atoms with van der Waals surface area (Å²) in [6.45, 7) is 0. The van der Waals surface area contributed by atoms with Crippen molar-refractivity contribution in [1.82, 2.24) is 15.2 Å². The Balaban J connectivity index is 1.74. The van der Waals surface area contributed by atoms with Crippen LogP contribution in [0.15, 0.2) is 78.4 Å². The fourth-order valence-corrected chi connectivity index (χ4v) is 3.70. The number of nitriles is 1. The van der Waals surface area contributed by atoms with Crippen LogP contribution in [0.25, 0.3) is 22.0 Å². The minimum Gasteiger partial charge on any atom is -0.420 e. The van der Waals surface area contributed by atoms with Crippen molar-refractivity contribution in [1.29, 1.82) is 5.26 Å². The lowest BCUT2D eigenvalue weighted by Gasteiger charge is -2.24. The first-order valence-corrected chi connectivity index (χ1v) is 8.81. The highest BCUT2D eigenvalue weighted by Crippen LogP contribution is 2.45. The number of rotatable bonds is 2. The Morgan fingerprint density at radius 2 is 1.82 bits per heavy atom. The van der Waals surface area contributed by atoms with Gasteiger partial charge >= 0.3 is 0 Å². The molecule has 2 aromatic carbocycles. The van der Waals surface area contributed by atoms with Crippen molar-refractivity contribution in [2.45, 2.75) is 5.92 Å². The highest BCUT2D eigenvalue weighted by Gasteiger charge is 2.35. The van der Waals surface area contributed by atoms with Gasteiger partial charge in [-0.25, -0.2) is 0 Å². The highest BCUT2D eigenvalue weighted by molar-refractivity contribution is 5.87. The maximum absolute atomic E-state index is 9.74. The van der Waals surface area contributed by atoms with Gasteiger partial charge < -0.3 is 10.5 Å². The summed E-state index contributed by atoms with van der Waals surface area (Å²) in [4.78, 5) is 4.08. The molecule has 0 saturated heterocycles. The van der Waals surface area contributed by atoms with E-state index in [0.717, 1.165) is 33.2 Å². The molecule has 2 aromatic heterocycles. The molecule has 0 amide bonds. The predicted octanol–water partition coefficient (Wildman–Crippen LogP) is 3.84. The molecule has 5 rings (SSSR count). The number of benzene rings is 2. The first-order chi connectivity index (χ1) is 13.8. The first-order valence-electron chi connectivity index (χ1n) is 8.81. The lowest BCUT2D eigenvalue weighted by atomic mass is 9.83. The molecule has 3 N–H and O–H groups in total. The molecule has 3 heterocycles. The minimum absolute atomic E-state index is 0.0772. The Morgan fingerprint density at radius 1 is 1.04 bits per heavy atom. The molecular weight excluding hydrogens is 350 g/mol. The number of pyridine rings is 1. The lowest BCUT2D eigenvalue weighted by molar-refractivity contribution is 0.379. The number of ether oxygens (including phenoxy) is 1. The molecular formula is C22H15N5O. The zero-order chi connectivity index (χ0) is 19.1. The summed E-state index contributed by atoms with van der Waals surface area (Å²) < 4.78 is 5.65. The maximum atomic E-state index is 9.74. The van der Waals surface area contributed by atoms with Gasteiger partial charge in [0.05, 0.1) is 17.2 Å². The number of fused-ring (bicyclic) bond motifs is 2. The van der Waals surface area contributed by atoms with E-state index >= 15 is 0 Å². The third-order valence-electron chi connectivity index (χ3n) is 5.02. The van der Waals surface area contributed by atoms with Crippen molar-refractivity contribution >= 4 is 10.8 Å². The second-order valence-electron chi connectivity index (χ2n) is 6.58. The van der Waals surface area contributed by atoms with Gasteiger partial charge in [0.25, 0.3) is 0 Å². The smallest absolute Gasteiger partial charge is 0.244 e. The van der Waals surface area contributed by atoms with Crippen LogP contribution in [0.4, 0.5) is 0 Å². The van der Waals surface area contributed by atoms with Gasteiger partial charge in [-0.3, -0.25) is 10.1 Å². The number of nitrogens with one attached hydrogen (secondary N) is 1. The lowest BCUT2D eigenvalue weighted by Crippen LogP contribution is -2.21. The number of aromatic nitrogens is 3.